The number of amides is 1. The van der Waals surface area contributed by atoms with E-state index in [1.807, 2.05) is 0 Å². The van der Waals surface area contributed by atoms with E-state index in [9.17, 15) is 18.0 Å². The molecule has 6 nitrogen and oxygen atoms in total. The van der Waals surface area contributed by atoms with Gasteiger partial charge in [0.1, 0.15) is 6.04 Å². The Morgan fingerprint density at radius 2 is 1.81 bits per heavy atom. The SMILES string of the molecule is CCS(=O)(=O)c1ccc(CCC(=O)NC(C)C(=O)O)cc1. The Labute approximate surface area is 124 Å². The summed E-state index contributed by atoms with van der Waals surface area (Å²) in [5.74, 6) is -1.39. The smallest absolute Gasteiger partial charge is 0.325 e. The first-order valence-corrected chi connectivity index (χ1v) is 8.25. The molecule has 1 rings (SSSR count). The quantitative estimate of drug-likeness (QED) is 0.782. The summed E-state index contributed by atoms with van der Waals surface area (Å²) in [7, 11) is -3.22. The monoisotopic (exact) mass is 313 g/mol. The highest BCUT2D eigenvalue weighted by molar-refractivity contribution is 7.91. The van der Waals surface area contributed by atoms with Gasteiger partial charge in [0.2, 0.25) is 5.91 Å². The Morgan fingerprint density at radius 1 is 1.24 bits per heavy atom. The van der Waals surface area contributed by atoms with Crippen molar-refractivity contribution in [3.63, 3.8) is 0 Å². The van der Waals surface area contributed by atoms with E-state index >= 15 is 0 Å². The van der Waals surface area contributed by atoms with E-state index in [4.69, 9.17) is 5.11 Å². The summed E-state index contributed by atoms with van der Waals surface area (Å²) in [6.45, 7) is 2.97. The van der Waals surface area contributed by atoms with Gasteiger partial charge in [-0.3, -0.25) is 9.59 Å². The fourth-order valence-electron chi connectivity index (χ4n) is 1.66. The van der Waals surface area contributed by atoms with Gasteiger partial charge in [-0.05, 0) is 31.0 Å². The lowest BCUT2D eigenvalue weighted by Gasteiger charge is -2.09. The molecule has 0 bridgehead atoms. The molecule has 0 saturated heterocycles. The van der Waals surface area contributed by atoms with Gasteiger partial charge >= 0.3 is 5.97 Å². The van der Waals surface area contributed by atoms with Crippen molar-refractivity contribution in [2.45, 2.75) is 37.6 Å². The fraction of sp³-hybridized carbons (Fsp3) is 0.429. The Balaban J connectivity index is 2.58. The van der Waals surface area contributed by atoms with Crippen molar-refractivity contribution >= 4 is 21.7 Å². The zero-order valence-corrected chi connectivity index (χ0v) is 12.8. The lowest BCUT2D eigenvalue weighted by Crippen LogP contribution is -2.38. The standard InChI is InChI=1S/C14H19NO5S/c1-3-21(19,20)12-7-4-11(5-8-12)6-9-13(16)15-10(2)14(17)18/h4-5,7-8,10H,3,6,9H2,1-2H3,(H,15,16)(H,17,18). The van der Waals surface area contributed by atoms with Gasteiger partial charge in [-0.15, -0.1) is 0 Å². The topological polar surface area (TPSA) is 101 Å². The summed E-state index contributed by atoms with van der Waals surface area (Å²) in [4.78, 5) is 22.4. The summed E-state index contributed by atoms with van der Waals surface area (Å²) in [5, 5.41) is 11.0. The number of hydrogen-bond acceptors (Lipinski definition) is 4. The molecule has 7 heteroatoms. The van der Waals surface area contributed by atoms with Crippen molar-refractivity contribution in [2.24, 2.45) is 0 Å². The van der Waals surface area contributed by atoms with Crippen LogP contribution in [0.15, 0.2) is 29.2 Å². The van der Waals surface area contributed by atoms with Gasteiger partial charge in [0.05, 0.1) is 10.6 Å². The van der Waals surface area contributed by atoms with Gasteiger partial charge in [-0.25, -0.2) is 8.42 Å². The van der Waals surface area contributed by atoms with Crippen LogP contribution in [0.2, 0.25) is 0 Å². The van der Waals surface area contributed by atoms with E-state index in [1.165, 1.54) is 19.1 Å². The Hall–Kier alpha value is -1.89. The van der Waals surface area contributed by atoms with Gasteiger partial charge in [0, 0.05) is 6.42 Å². The first-order chi connectivity index (χ1) is 9.76. The third-order valence-electron chi connectivity index (χ3n) is 3.05. The number of hydrogen-bond donors (Lipinski definition) is 2. The van der Waals surface area contributed by atoms with Gasteiger partial charge in [-0.1, -0.05) is 19.1 Å². The average molecular weight is 313 g/mol. The van der Waals surface area contributed by atoms with Gasteiger partial charge in [0.25, 0.3) is 0 Å². The van der Waals surface area contributed by atoms with Crippen molar-refractivity contribution in [1.82, 2.24) is 5.32 Å². The Kier molecular flexibility index (Phi) is 5.90. The second-order valence-corrected chi connectivity index (χ2v) is 6.95. The molecule has 0 fully saturated rings. The molecule has 21 heavy (non-hydrogen) atoms. The van der Waals surface area contributed by atoms with Crippen LogP contribution in [-0.2, 0) is 25.8 Å². The summed E-state index contributed by atoms with van der Waals surface area (Å²) in [6.07, 6.45) is 0.572. The first-order valence-electron chi connectivity index (χ1n) is 6.60. The summed E-state index contributed by atoms with van der Waals surface area (Å²) in [5.41, 5.74) is 0.822. The minimum atomic E-state index is -3.22. The van der Waals surface area contributed by atoms with Gasteiger partial charge in [-0.2, -0.15) is 0 Å². The Bertz CT molecular complexity index is 607. The number of carboxylic acids is 1. The van der Waals surface area contributed by atoms with Crippen molar-refractivity contribution in [3.8, 4) is 0 Å². The molecule has 0 aliphatic carbocycles. The first kappa shape index (κ1) is 17.2. The Morgan fingerprint density at radius 3 is 2.29 bits per heavy atom. The maximum Gasteiger partial charge on any atom is 0.325 e. The highest BCUT2D eigenvalue weighted by Crippen LogP contribution is 2.13. The van der Waals surface area contributed by atoms with Crippen LogP contribution in [0.4, 0.5) is 0 Å². The predicted molar refractivity (Wildman–Crippen MR) is 77.7 cm³/mol. The molecule has 1 atom stereocenters. The third kappa shape index (κ3) is 5.18. The molecule has 1 aromatic rings. The highest BCUT2D eigenvalue weighted by Gasteiger charge is 2.14. The molecule has 0 radical (unpaired) electrons. The maximum absolute atomic E-state index is 11.6. The van der Waals surface area contributed by atoms with Crippen LogP contribution in [0.3, 0.4) is 0 Å². The van der Waals surface area contributed by atoms with Crippen LogP contribution in [0, 0.1) is 0 Å². The van der Waals surface area contributed by atoms with Crippen molar-refractivity contribution in [3.05, 3.63) is 29.8 Å². The normalized spacial score (nSPS) is 12.7. The molecule has 1 unspecified atom stereocenters. The number of aliphatic carboxylic acids is 1. The van der Waals surface area contributed by atoms with Crippen LogP contribution in [-0.4, -0.2) is 37.2 Å². The largest absolute Gasteiger partial charge is 0.480 e. The van der Waals surface area contributed by atoms with E-state index in [-0.39, 0.29) is 23.0 Å². The van der Waals surface area contributed by atoms with Crippen LogP contribution < -0.4 is 5.32 Å². The van der Waals surface area contributed by atoms with E-state index in [0.717, 1.165) is 5.56 Å². The molecule has 116 valence electrons. The molecule has 0 aliphatic heterocycles. The molecular formula is C14H19NO5S. The molecule has 0 aromatic heterocycles. The van der Waals surface area contributed by atoms with Crippen LogP contribution in [0.5, 0.6) is 0 Å². The van der Waals surface area contributed by atoms with Crippen LogP contribution in [0.1, 0.15) is 25.8 Å². The maximum atomic E-state index is 11.6. The number of carbonyl (C=O) groups excluding carboxylic acids is 1. The molecule has 0 aliphatic rings. The number of nitrogens with one attached hydrogen (secondary N) is 1. The average Bonchev–Trinajstić information content (AvgIpc) is 2.45. The van der Waals surface area contributed by atoms with E-state index in [2.05, 4.69) is 5.32 Å². The highest BCUT2D eigenvalue weighted by atomic mass is 32.2. The number of carbonyl (C=O) groups is 2. The zero-order valence-electron chi connectivity index (χ0n) is 12.0. The molecule has 1 aromatic carbocycles. The van der Waals surface area contributed by atoms with Gasteiger partial charge in [0.15, 0.2) is 9.84 Å². The second-order valence-electron chi connectivity index (χ2n) is 4.67. The van der Waals surface area contributed by atoms with E-state index < -0.39 is 21.8 Å². The third-order valence-corrected chi connectivity index (χ3v) is 4.80. The lowest BCUT2D eigenvalue weighted by molar-refractivity contribution is -0.141. The fourth-order valence-corrected chi connectivity index (χ4v) is 2.55. The summed E-state index contributed by atoms with van der Waals surface area (Å²) < 4.78 is 23.3. The molecule has 0 spiro atoms. The number of benzene rings is 1. The summed E-state index contributed by atoms with van der Waals surface area (Å²) >= 11 is 0. The lowest BCUT2D eigenvalue weighted by atomic mass is 10.1. The molecule has 0 heterocycles. The number of sulfone groups is 1. The number of rotatable bonds is 7. The molecule has 2 N–H and O–H groups in total. The van der Waals surface area contributed by atoms with Crippen LogP contribution >= 0.6 is 0 Å². The second kappa shape index (κ2) is 7.21. The zero-order chi connectivity index (χ0) is 16.0. The summed E-state index contributed by atoms with van der Waals surface area (Å²) in [6, 6.07) is 5.44. The van der Waals surface area contributed by atoms with Crippen molar-refractivity contribution < 1.29 is 23.1 Å². The van der Waals surface area contributed by atoms with E-state index in [0.29, 0.717) is 6.42 Å². The number of carboxylic acid groups (broad SMARTS) is 1. The minimum absolute atomic E-state index is 0.0435. The van der Waals surface area contributed by atoms with E-state index in [1.54, 1.807) is 19.1 Å². The molecular weight excluding hydrogens is 294 g/mol. The van der Waals surface area contributed by atoms with Crippen LogP contribution in [0.25, 0.3) is 0 Å². The number of aryl methyl sites for hydroxylation is 1. The predicted octanol–water partition coefficient (Wildman–Crippen LogP) is 1.00. The van der Waals surface area contributed by atoms with Gasteiger partial charge < -0.3 is 10.4 Å². The van der Waals surface area contributed by atoms with Crippen molar-refractivity contribution in [1.29, 1.82) is 0 Å². The van der Waals surface area contributed by atoms with Crippen molar-refractivity contribution in [2.75, 3.05) is 5.75 Å². The molecule has 1 amide bonds. The molecule has 0 saturated carbocycles. The minimum Gasteiger partial charge on any atom is -0.480 e.